The lowest BCUT2D eigenvalue weighted by Crippen LogP contribution is -2.67. The van der Waals surface area contributed by atoms with Gasteiger partial charge in [-0.25, -0.2) is 15.9 Å². The van der Waals surface area contributed by atoms with Crippen molar-refractivity contribution in [1.29, 1.82) is 0 Å². The molecule has 3 aliphatic rings. The summed E-state index contributed by atoms with van der Waals surface area (Å²) in [4.78, 5) is 37.1. The molecule has 2 amide bonds. The maximum Gasteiger partial charge on any atom is 0.410 e. The number of pyridine rings is 1. The Kier molecular flexibility index (Phi) is 6.49. The van der Waals surface area contributed by atoms with E-state index in [4.69, 9.17) is 16.4 Å². The van der Waals surface area contributed by atoms with Gasteiger partial charge in [-0.2, -0.15) is 10.1 Å². The molecule has 12 heteroatoms. The highest BCUT2D eigenvalue weighted by Gasteiger charge is 2.51. The molecule has 0 bridgehead atoms. The first-order valence-electron chi connectivity index (χ1n) is 13.9. The fourth-order valence-electron chi connectivity index (χ4n) is 5.62. The summed E-state index contributed by atoms with van der Waals surface area (Å²) in [5, 5.41) is 12.0. The molecule has 0 spiro atoms. The number of likely N-dealkylation sites (tertiary alicyclic amines) is 2. The first-order valence-corrected chi connectivity index (χ1v) is 13.9. The second-order valence-corrected chi connectivity index (χ2v) is 12.2. The van der Waals surface area contributed by atoms with Crippen LogP contribution in [0.25, 0.3) is 21.7 Å². The fraction of sp³-hybridized carbons (Fsp3) is 0.571. The molecule has 1 saturated carbocycles. The monoisotopic (exact) mass is 545 g/mol. The third-order valence-corrected chi connectivity index (χ3v) is 7.91. The fourth-order valence-corrected chi connectivity index (χ4v) is 5.62. The summed E-state index contributed by atoms with van der Waals surface area (Å²) in [6.07, 6.45) is 7.12. The molecule has 0 unspecified atom stereocenters. The summed E-state index contributed by atoms with van der Waals surface area (Å²) in [7, 11) is 0. The third kappa shape index (κ3) is 5.13. The Morgan fingerprint density at radius 3 is 2.60 bits per heavy atom. The van der Waals surface area contributed by atoms with Gasteiger partial charge in [0.2, 0.25) is 18.4 Å². The summed E-state index contributed by atoms with van der Waals surface area (Å²) >= 11 is 0. The Hall–Kier alpha value is -3.98. The Bertz CT molecular complexity index is 1460. The number of aromatic nitrogens is 5. The Balaban J connectivity index is 1.13. The predicted molar refractivity (Wildman–Crippen MR) is 147 cm³/mol. The van der Waals surface area contributed by atoms with Gasteiger partial charge in [0.25, 0.3) is 0 Å². The van der Waals surface area contributed by atoms with Crippen LogP contribution in [0.3, 0.4) is 0 Å². The summed E-state index contributed by atoms with van der Waals surface area (Å²) in [5.74, 6) is 0.340. The van der Waals surface area contributed by atoms with Crippen molar-refractivity contribution >= 4 is 23.6 Å². The minimum Gasteiger partial charge on any atom is -0.444 e. The van der Waals surface area contributed by atoms with Gasteiger partial charge in [0.15, 0.2) is 11.2 Å². The molecule has 2 saturated heterocycles. The molecule has 6 rings (SSSR count). The van der Waals surface area contributed by atoms with E-state index in [1.165, 1.54) is 0 Å². The zero-order valence-corrected chi connectivity index (χ0v) is 23.2. The Morgan fingerprint density at radius 2 is 1.93 bits per heavy atom. The number of hydrogen-bond donors (Lipinski definition) is 1. The van der Waals surface area contributed by atoms with Gasteiger partial charge in [-0.05, 0) is 58.6 Å². The van der Waals surface area contributed by atoms with Crippen LogP contribution in [0.1, 0.15) is 46.5 Å². The van der Waals surface area contributed by atoms with Crippen molar-refractivity contribution in [3.05, 3.63) is 42.0 Å². The number of carbonyl (C=O) groups excluding carboxylic acids is 2. The Labute approximate surface area is 233 Å². The normalized spacial score (nSPS) is 19.7. The standard InChI is InChI=1S/C28H35N9O3/c1-27(2,3)40-26(39)34-12-10-21(11-13-34)35-17-28(18-35,16-29-4)36-15-20(14-30-36)22-6-5-7-23-31-25(33-37(22)23)32-24(38)19-8-9-19/h5-7,14-15,19,21H,8-13,16-18H2,1-3H3,(H,32,33,38). The van der Waals surface area contributed by atoms with Crippen molar-refractivity contribution < 1.29 is 14.3 Å². The second kappa shape index (κ2) is 9.89. The minimum absolute atomic E-state index is 0.0311. The van der Waals surface area contributed by atoms with Crippen molar-refractivity contribution in [3.8, 4) is 11.3 Å². The number of fused-ring (bicyclic) bond motifs is 1. The van der Waals surface area contributed by atoms with E-state index in [0.717, 1.165) is 50.0 Å². The summed E-state index contributed by atoms with van der Waals surface area (Å²) in [6.45, 7) is 16.4. The van der Waals surface area contributed by atoms with E-state index in [0.29, 0.717) is 37.3 Å². The molecule has 0 radical (unpaired) electrons. The summed E-state index contributed by atoms with van der Waals surface area (Å²) in [6, 6.07) is 6.07. The number of amides is 2. The van der Waals surface area contributed by atoms with Gasteiger partial charge < -0.3 is 14.5 Å². The maximum absolute atomic E-state index is 12.4. The zero-order chi connectivity index (χ0) is 28.1. The van der Waals surface area contributed by atoms with Crippen LogP contribution in [0.5, 0.6) is 0 Å². The Morgan fingerprint density at radius 1 is 1.18 bits per heavy atom. The molecule has 0 atom stereocenters. The number of carbonyl (C=O) groups is 2. The quantitative estimate of drug-likeness (QED) is 0.473. The van der Waals surface area contributed by atoms with Gasteiger partial charge in [-0.3, -0.25) is 19.7 Å². The first-order chi connectivity index (χ1) is 19.1. The highest BCUT2D eigenvalue weighted by molar-refractivity contribution is 5.92. The molecule has 5 heterocycles. The largest absolute Gasteiger partial charge is 0.444 e. The number of rotatable bonds is 6. The molecule has 3 fully saturated rings. The number of piperidine rings is 1. The average molecular weight is 546 g/mol. The highest BCUT2D eigenvalue weighted by atomic mass is 16.6. The van der Waals surface area contributed by atoms with Gasteiger partial charge in [0, 0.05) is 49.9 Å². The molecule has 1 N–H and O–H groups in total. The van der Waals surface area contributed by atoms with Crippen molar-refractivity contribution in [2.75, 3.05) is 38.0 Å². The second-order valence-electron chi connectivity index (χ2n) is 12.2. The summed E-state index contributed by atoms with van der Waals surface area (Å²) in [5.41, 5.74) is 1.42. The van der Waals surface area contributed by atoms with Crippen LogP contribution in [-0.4, -0.2) is 90.5 Å². The molecule has 0 aromatic carbocycles. The van der Waals surface area contributed by atoms with E-state index in [9.17, 15) is 9.59 Å². The van der Waals surface area contributed by atoms with Crippen LogP contribution in [-0.2, 0) is 15.1 Å². The van der Waals surface area contributed by atoms with Crippen LogP contribution in [0, 0.1) is 12.5 Å². The number of nitrogens with zero attached hydrogens (tertiary/aromatic N) is 8. The molecule has 40 heavy (non-hydrogen) atoms. The SMILES string of the molecule is [C-]#[N+]CC1(n2cc(-c3cccc4nc(NC(=O)C5CC5)nn34)cn2)CN(C2CCN(C(=O)OC(C)(C)C)CC2)C1. The van der Waals surface area contributed by atoms with Crippen molar-refractivity contribution in [1.82, 2.24) is 34.2 Å². The van der Waals surface area contributed by atoms with Gasteiger partial charge in [0.05, 0.1) is 11.9 Å². The molecule has 3 aromatic rings. The number of ether oxygens (including phenoxy) is 1. The molecular formula is C28H35N9O3. The van der Waals surface area contributed by atoms with Crippen molar-refractivity contribution in [2.45, 2.75) is 63.6 Å². The van der Waals surface area contributed by atoms with Gasteiger partial charge in [-0.15, -0.1) is 5.10 Å². The third-order valence-electron chi connectivity index (χ3n) is 7.91. The van der Waals surface area contributed by atoms with E-state index in [1.54, 1.807) is 15.6 Å². The lowest BCUT2D eigenvalue weighted by atomic mass is 9.86. The van der Waals surface area contributed by atoms with Crippen molar-refractivity contribution in [3.63, 3.8) is 0 Å². The zero-order valence-electron chi connectivity index (χ0n) is 23.2. The molecule has 3 aromatic heterocycles. The lowest BCUT2D eigenvalue weighted by Gasteiger charge is -2.52. The summed E-state index contributed by atoms with van der Waals surface area (Å²) < 4.78 is 9.18. The molecule has 12 nitrogen and oxygen atoms in total. The molecule has 210 valence electrons. The van der Waals surface area contributed by atoms with Crippen LogP contribution >= 0.6 is 0 Å². The minimum atomic E-state index is -0.499. The first kappa shape index (κ1) is 26.3. The highest BCUT2D eigenvalue weighted by Crippen LogP contribution is 2.35. The smallest absolute Gasteiger partial charge is 0.410 e. The van der Waals surface area contributed by atoms with Gasteiger partial charge in [-0.1, -0.05) is 6.07 Å². The van der Waals surface area contributed by atoms with Crippen molar-refractivity contribution in [2.24, 2.45) is 5.92 Å². The topological polar surface area (TPSA) is 114 Å². The molecule has 2 aliphatic heterocycles. The molecule has 1 aliphatic carbocycles. The van der Waals surface area contributed by atoms with Crippen LogP contribution < -0.4 is 5.32 Å². The lowest BCUT2D eigenvalue weighted by molar-refractivity contribution is -0.117. The number of hydrogen-bond acceptors (Lipinski definition) is 7. The van der Waals surface area contributed by atoms with E-state index in [-0.39, 0.29) is 17.9 Å². The average Bonchev–Trinajstić information content (AvgIpc) is 3.48. The molecular weight excluding hydrogens is 510 g/mol. The van der Waals surface area contributed by atoms with Crippen LogP contribution in [0.15, 0.2) is 30.6 Å². The predicted octanol–water partition coefficient (Wildman–Crippen LogP) is 3.27. The van der Waals surface area contributed by atoms with E-state index in [1.807, 2.05) is 49.8 Å². The van der Waals surface area contributed by atoms with E-state index >= 15 is 0 Å². The van der Waals surface area contributed by atoms with E-state index in [2.05, 4.69) is 25.1 Å². The number of anilines is 1. The van der Waals surface area contributed by atoms with Gasteiger partial charge in [0.1, 0.15) is 5.60 Å². The number of nitrogens with one attached hydrogen (secondary N) is 1. The van der Waals surface area contributed by atoms with E-state index < -0.39 is 11.1 Å². The van der Waals surface area contributed by atoms with Crippen LogP contribution in [0.2, 0.25) is 0 Å². The maximum atomic E-state index is 12.4. The van der Waals surface area contributed by atoms with Crippen LogP contribution in [0.4, 0.5) is 10.7 Å². The van der Waals surface area contributed by atoms with Gasteiger partial charge >= 0.3 is 6.09 Å².